The summed E-state index contributed by atoms with van der Waals surface area (Å²) in [5, 5.41) is 42.4. The van der Waals surface area contributed by atoms with E-state index < -0.39 is 137 Å². The van der Waals surface area contributed by atoms with E-state index >= 15 is 0 Å². The van der Waals surface area contributed by atoms with Crippen molar-refractivity contribution in [3.05, 3.63) is 0 Å². The zero-order valence-corrected chi connectivity index (χ0v) is 37.7. The number of hydrogen-bond donors (Lipinski definition) is 9. The molecule has 2 aliphatic heterocycles. The quantitative estimate of drug-likeness (QED) is 0.0564. The fraction of sp³-hybridized carbons (Fsp3) is 0.725. The van der Waals surface area contributed by atoms with Crippen LogP contribution in [-0.2, 0) is 52.7 Å². The summed E-state index contributed by atoms with van der Waals surface area (Å²) < 4.78 is -0.571. The normalized spacial score (nSPS) is 19.4. The molecular weight excluding hydrogens is 867 g/mol. The number of carbonyl (C=O) groups is 11. The number of Topliss-reactive ketones (excluding diaryl/α,β-unsaturated/α-hetero) is 1. The average Bonchev–Trinajstić information content (AvgIpc) is 3.86. The van der Waals surface area contributed by atoms with E-state index in [9.17, 15) is 57.8 Å². The van der Waals surface area contributed by atoms with Crippen molar-refractivity contribution in [3.63, 3.8) is 0 Å². The van der Waals surface area contributed by atoms with Crippen LogP contribution in [0, 0.1) is 11.8 Å². The summed E-state index contributed by atoms with van der Waals surface area (Å²) in [6, 6.07) is -7.80. The summed E-state index contributed by atoms with van der Waals surface area (Å²) in [5.74, 6) is -10.1. The lowest BCUT2D eigenvalue weighted by atomic mass is 9.83. The van der Waals surface area contributed by atoms with Gasteiger partial charge in [-0.3, -0.25) is 52.7 Å². The van der Waals surface area contributed by atoms with E-state index in [1.165, 1.54) is 4.90 Å². The third kappa shape index (κ3) is 16.0. The van der Waals surface area contributed by atoms with Crippen molar-refractivity contribution in [1.82, 2.24) is 36.8 Å². The van der Waals surface area contributed by atoms with Gasteiger partial charge in [-0.1, -0.05) is 46.5 Å². The van der Waals surface area contributed by atoms with Gasteiger partial charge in [0.15, 0.2) is 0 Å². The number of carboxylic acids is 3. The average molecular weight is 928 g/mol. The van der Waals surface area contributed by atoms with Crippen molar-refractivity contribution in [2.75, 3.05) is 24.6 Å². The van der Waals surface area contributed by atoms with Gasteiger partial charge in [0, 0.05) is 44.2 Å². The number of thioether (sulfide) groups is 2. The number of hydrogen-bond acceptors (Lipinski definition) is 13. The highest BCUT2D eigenvalue weighted by Crippen LogP contribution is 2.52. The highest BCUT2D eigenvalue weighted by molar-refractivity contribution is 8.21. The molecule has 3 rings (SSSR count). The van der Waals surface area contributed by atoms with Crippen molar-refractivity contribution < 1.29 is 68.1 Å². The molecule has 3 aliphatic rings. The van der Waals surface area contributed by atoms with Crippen LogP contribution in [0.3, 0.4) is 0 Å². The van der Waals surface area contributed by atoms with Gasteiger partial charge in [0.25, 0.3) is 5.91 Å². The number of carbonyl (C=O) groups excluding carboxylic acids is 8. The van der Waals surface area contributed by atoms with Crippen molar-refractivity contribution >= 4 is 88.6 Å². The van der Waals surface area contributed by atoms with Gasteiger partial charge in [0.2, 0.25) is 41.2 Å². The smallest absolute Gasteiger partial charge is 0.322 e. The number of carboxylic acid groups (broad SMARTS) is 3. The van der Waals surface area contributed by atoms with Crippen LogP contribution in [-0.4, -0.2) is 150 Å². The first-order valence-corrected chi connectivity index (χ1v) is 23.2. The molecule has 63 heavy (non-hydrogen) atoms. The number of amides is 7. The number of ketones is 1. The van der Waals surface area contributed by atoms with Gasteiger partial charge in [-0.25, -0.2) is 0 Å². The first-order valence-electron chi connectivity index (χ1n) is 21.2. The predicted octanol–water partition coefficient (Wildman–Crippen LogP) is -0.257. The summed E-state index contributed by atoms with van der Waals surface area (Å²) in [7, 11) is 0. The molecular formula is C40H61N7O14S2. The highest BCUT2D eigenvalue weighted by Gasteiger charge is 2.53. The zero-order valence-electron chi connectivity index (χ0n) is 36.0. The van der Waals surface area contributed by atoms with Crippen LogP contribution < -0.4 is 31.9 Å². The molecule has 7 amide bonds. The Morgan fingerprint density at radius 1 is 0.698 bits per heavy atom. The second-order valence-corrected chi connectivity index (χ2v) is 19.6. The molecule has 0 aromatic carbocycles. The molecule has 1 unspecified atom stereocenters. The SMILES string of the molecule is CCCC(NC(=O)[C@@H]1CC2(CN1C(=O)[C@@H](NC(=O)[C@@H](NC(=O)[C@H](CCC(=O)O)NC(=O)[C@H](CCC(=O)O)NC(C)=O)C(C)C)C1CCCCC1)SCCS2)C(=O)C(=O)NCC(=O)O. The van der Waals surface area contributed by atoms with Crippen LogP contribution in [0.2, 0.25) is 0 Å². The Labute approximate surface area is 373 Å². The molecule has 1 spiro atoms. The van der Waals surface area contributed by atoms with Crippen LogP contribution in [0.5, 0.6) is 0 Å². The molecule has 1 aliphatic carbocycles. The predicted molar refractivity (Wildman–Crippen MR) is 229 cm³/mol. The van der Waals surface area contributed by atoms with E-state index in [2.05, 4.69) is 26.6 Å². The van der Waals surface area contributed by atoms with Crippen molar-refractivity contribution in [3.8, 4) is 0 Å². The van der Waals surface area contributed by atoms with Crippen LogP contribution in [0.25, 0.3) is 0 Å². The molecule has 6 atom stereocenters. The third-order valence-corrected chi connectivity index (χ3v) is 14.5. The fourth-order valence-corrected chi connectivity index (χ4v) is 11.1. The monoisotopic (exact) mass is 927 g/mol. The van der Waals surface area contributed by atoms with E-state index in [0.29, 0.717) is 19.3 Å². The van der Waals surface area contributed by atoms with Crippen molar-refractivity contribution in [1.29, 1.82) is 0 Å². The number of aliphatic carboxylic acids is 3. The lowest BCUT2D eigenvalue weighted by Gasteiger charge is -2.36. The highest BCUT2D eigenvalue weighted by atomic mass is 32.2. The molecule has 2 heterocycles. The minimum absolute atomic E-state index is 0.0604. The first-order chi connectivity index (χ1) is 29.7. The maximum Gasteiger partial charge on any atom is 0.322 e. The summed E-state index contributed by atoms with van der Waals surface area (Å²) in [6.45, 7) is 5.43. The second-order valence-electron chi connectivity index (χ2n) is 16.4. The lowest BCUT2D eigenvalue weighted by molar-refractivity contribution is -0.145. The number of nitrogens with zero attached hydrogens (tertiary/aromatic N) is 1. The Balaban J connectivity index is 1.91. The maximum absolute atomic E-state index is 14.9. The Morgan fingerprint density at radius 2 is 1.27 bits per heavy atom. The van der Waals surface area contributed by atoms with E-state index in [1.54, 1.807) is 44.3 Å². The molecule has 0 aromatic rings. The largest absolute Gasteiger partial charge is 0.481 e. The van der Waals surface area contributed by atoms with E-state index in [0.717, 1.165) is 37.7 Å². The number of rotatable bonds is 24. The summed E-state index contributed by atoms with van der Waals surface area (Å²) in [4.78, 5) is 143. The lowest BCUT2D eigenvalue weighted by Crippen LogP contribution is -2.62. The zero-order chi connectivity index (χ0) is 47.0. The van der Waals surface area contributed by atoms with E-state index in [4.69, 9.17) is 10.2 Å². The summed E-state index contributed by atoms with van der Waals surface area (Å²) >= 11 is 3.19. The first kappa shape index (κ1) is 52.4. The topological polar surface area (TPSA) is 324 Å². The minimum atomic E-state index is -1.53. The van der Waals surface area contributed by atoms with Gasteiger partial charge >= 0.3 is 17.9 Å². The molecule has 21 nitrogen and oxygen atoms in total. The van der Waals surface area contributed by atoms with Crippen LogP contribution >= 0.6 is 23.5 Å². The van der Waals surface area contributed by atoms with E-state index in [-0.39, 0.29) is 31.7 Å². The van der Waals surface area contributed by atoms with Crippen LogP contribution in [0.15, 0.2) is 0 Å². The molecule has 9 N–H and O–H groups in total. The van der Waals surface area contributed by atoms with E-state index in [1.807, 2.05) is 5.32 Å². The van der Waals surface area contributed by atoms with Gasteiger partial charge in [-0.05, 0) is 43.9 Å². The Kier molecular flexibility index (Phi) is 20.6. The van der Waals surface area contributed by atoms with Crippen molar-refractivity contribution in [2.45, 2.75) is 145 Å². The Morgan fingerprint density at radius 3 is 1.79 bits per heavy atom. The molecule has 1 saturated carbocycles. The van der Waals surface area contributed by atoms with Crippen LogP contribution in [0.4, 0.5) is 0 Å². The third-order valence-electron chi connectivity index (χ3n) is 11.1. The number of likely N-dealkylation sites (tertiary alicyclic amines) is 1. The van der Waals surface area contributed by atoms with Gasteiger partial charge in [0.1, 0.15) is 36.8 Å². The van der Waals surface area contributed by atoms with Crippen molar-refractivity contribution in [2.24, 2.45) is 11.8 Å². The van der Waals surface area contributed by atoms with Gasteiger partial charge < -0.3 is 52.1 Å². The molecule has 0 bridgehead atoms. The summed E-state index contributed by atoms with van der Waals surface area (Å²) in [6.07, 6.45) is 2.35. The number of nitrogens with one attached hydrogen (secondary N) is 6. The fourth-order valence-electron chi connectivity index (χ4n) is 7.89. The molecule has 0 radical (unpaired) electrons. The summed E-state index contributed by atoms with van der Waals surface area (Å²) in [5.41, 5.74) is 0. The van der Waals surface area contributed by atoms with Gasteiger partial charge in [0.05, 0.1) is 10.1 Å². The standard InChI is InChI=1S/C40H61N7O14S2/c1-5-9-24(33(55)38(60)41-19-30(53)54)43-36(58)27-18-40(62-16-17-63-40)20-47(27)39(61)32(23-10-7-6-8-11-23)46-37(59)31(21(2)3)45-35(57)26(13-15-29(51)52)44-34(56)25(42-22(4)48)12-14-28(49)50/h21,23-27,31-32H,5-20H2,1-4H3,(H,41,60)(H,42,48)(H,43,58)(H,44,56)(H,45,57)(H,46,59)(H,49,50)(H,51,52)(H,53,54)/t24?,25-,26-,27-,31-,32-/m0/s1. The Bertz CT molecular complexity index is 1740. The Hall–Kier alpha value is -4.93. The van der Waals surface area contributed by atoms with Gasteiger partial charge in [-0.2, -0.15) is 0 Å². The molecule has 23 heteroatoms. The second kappa shape index (κ2) is 24.8. The molecule has 2 saturated heterocycles. The minimum Gasteiger partial charge on any atom is -0.481 e. The molecule has 0 aromatic heterocycles. The molecule has 3 fully saturated rings. The maximum atomic E-state index is 14.9. The van der Waals surface area contributed by atoms with Crippen LogP contribution in [0.1, 0.15) is 105 Å². The van der Waals surface area contributed by atoms with Gasteiger partial charge in [-0.15, -0.1) is 23.5 Å². The molecule has 352 valence electrons.